The molecular formula is C26H27Cl2N5O7. The SMILES string of the molecule is O=C(CO[N+](=O)[O-])N1CCN(c2ccc(OC[C@H]3CO[C@](Cn4ccnc4)(c4ccc(Cl)cc4Cl)O3)cc2)CC1. The Morgan fingerprint density at radius 3 is 2.60 bits per heavy atom. The molecule has 14 heteroatoms. The Kier molecular flexibility index (Phi) is 8.60. The van der Waals surface area contributed by atoms with E-state index >= 15 is 0 Å². The summed E-state index contributed by atoms with van der Waals surface area (Å²) in [6, 6.07) is 12.9. The number of halogens is 2. The highest BCUT2D eigenvalue weighted by atomic mass is 35.5. The molecule has 0 bridgehead atoms. The van der Waals surface area contributed by atoms with Crippen LogP contribution in [0.25, 0.3) is 0 Å². The molecule has 0 unspecified atom stereocenters. The predicted molar refractivity (Wildman–Crippen MR) is 145 cm³/mol. The maximum absolute atomic E-state index is 12.0. The molecule has 2 saturated heterocycles. The van der Waals surface area contributed by atoms with E-state index in [1.54, 1.807) is 35.6 Å². The smallest absolute Gasteiger partial charge is 0.295 e. The highest BCUT2D eigenvalue weighted by molar-refractivity contribution is 6.35. The third-order valence-corrected chi connectivity index (χ3v) is 7.26. The van der Waals surface area contributed by atoms with Crippen molar-refractivity contribution in [2.75, 3.05) is 50.9 Å². The van der Waals surface area contributed by atoms with Crippen LogP contribution in [0.4, 0.5) is 5.69 Å². The number of hydrogen-bond acceptors (Lipinski definition) is 9. The number of ether oxygens (including phenoxy) is 3. The van der Waals surface area contributed by atoms with Crippen molar-refractivity contribution >= 4 is 34.8 Å². The normalized spacial score (nSPS) is 20.9. The molecule has 1 amide bonds. The summed E-state index contributed by atoms with van der Waals surface area (Å²) in [5.74, 6) is -0.848. The van der Waals surface area contributed by atoms with Crippen LogP contribution >= 0.6 is 23.2 Å². The average molecular weight is 592 g/mol. The van der Waals surface area contributed by atoms with E-state index in [1.807, 2.05) is 35.0 Å². The van der Waals surface area contributed by atoms with Gasteiger partial charge in [-0.25, -0.2) is 4.98 Å². The van der Waals surface area contributed by atoms with Gasteiger partial charge in [-0.05, 0) is 36.4 Å². The second-order valence-electron chi connectivity index (χ2n) is 9.33. The molecule has 0 spiro atoms. The van der Waals surface area contributed by atoms with E-state index in [-0.39, 0.29) is 12.7 Å². The van der Waals surface area contributed by atoms with Crippen molar-refractivity contribution in [3.63, 3.8) is 0 Å². The molecule has 2 atom stereocenters. The maximum atomic E-state index is 12.0. The molecule has 12 nitrogen and oxygen atoms in total. The van der Waals surface area contributed by atoms with Crippen molar-refractivity contribution in [2.45, 2.75) is 18.4 Å². The molecule has 2 aliphatic heterocycles. The first kappa shape index (κ1) is 28.0. The lowest BCUT2D eigenvalue weighted by Crippen LogP contribution is -2.49. The van der Waals surface area contributed by atoms with Crippen LogP contribution < -0.4 is 9.64 Å². The molecule has 0 N–H and O–H groups in total. The Hall–Kier alpha value is -3.58. The lowest BCUT2D eigenvalue weighted by atomic mass is 10.1. The van der Waals surface area contributed by atoms with E-state index in [9.17, 15) is 14.9 Å². The highest BCUT2D eigenvalue weighted by Gasteiger charge is 2.45. The van der Waals surface area contributed by atoms with Crippen molar-refractivity contribution in [3.05, 3.63) is 86.9 Å². The monoisotopic (exact) mass is 591 g/mol. The van der Waals surface area contributed by atoms with Crippen LogP contribution in [0.3, 0.4) is 0 Å². The van der Waals surface area contributed by atoms with Crippen molar-refractivity contribution in [2.24, 2.45) is 0 Å². The van der Waals surface area contributed by atoms with Gasteiger partial charge in [-0.1, -0.05) is 29.3 Å². The number of carbonyl (C=O) groups is 1. The number of carbonyl (C=O) groups excluding carboxylic acids is 1. The van der Waals surface area contributed by atoms with Crippen molar-refractivity contribution in [3.8, 4) is 5.75 Å². The van der Waals surface area contributed by atoms with E-state index in [2.05, 4.69) is 14.7 Å². The summed E-state index contributed by atoms with van der Waals surface area (Å²) in [5, 5.41) is 10.3. The molecule has 0 radical (unpaired) electrons. The second kappa shape index (κ2) is 12.3. The van der Waals surface area contributed by atoms with Crippen LogP contribution in [-0.2, 0) is 31.4 Å². The number of anilines is 1. The Balaban J connectivity index is 1.16. The largest absolute Gasteiger partial charge is 0.491 e. The fraction of sp³-hybridized carbons (Fsp3) is 0.385. The summed E-state index contributed by atoms with van der Waals surface area (Å²) in [6.07, 6.45) is 4.85. The fourth-order valence-electron chi connectivity index (χ4n) is 4.73. The zero-order valence-electron chi connectivity index (χ0n) is 21.4. The van der Waals surface area contributed by atoms with Crippen LogP contribution in [0.1, 0.15) is 5.56 Å². The Labute approximate surface area is 240 Å². The highest BCUT2D eigenvalue weighted by Crippen LogP contribution is 2.40. The van der Waals surface area contributed by atoms with Crippen LogP contribution in [0, 0.1) is 10.1 Å². The topological polar surface area (TPSA) is 121 Å². The third kappa shape index (κ3) is 6.58. The minimum Gasteiger partial charge on any atom is -0.491 e. The van der Waals surface area contributed by atoms with Crippen LogP contribution in [-0.4, -0.2) is 77.5 Å². The number of benzene rings is 2. The number of amides is 1. The minimum atomic E-state index is -1.13. The van der Waals surface area contributed by atoms with E-state index in [0.717, 1.165) is 5.69 Å². The number of imidazole rings is 1. The average Bonchev–Trinajstić information content (AvgIpc) is 3.61. The molecule has 40 heavy (non-hydrogen) atoms. The van der Waals surface area contributed by atoms with E-state index in [4.69, 9.17) is 37.4 Å². The van der Waals surface area contributed by atoms with Gasteiger partial charge in [-0.3, -0.25) is 4.79 Å². The Morgan fingerprint density at radius 1 is 1.15 bits per heavy atom. The van der Waals surface area contributed by atoms with Gasteiger partial charge in [-0.2, -0.15) is 0 Å². The molecule has 5 rings (SSSR count). The number of nitrogens with zero attached hydrogens (tertiary/aromatic N) is 5. The summed E-state index contributed by atoms with van der Waals surface area (Å²) in [4.78, 5) is 34.3. The van der Waals surface area contributed by atoms with Gasteiger partial charge >= 0.3 is 0 Å². The van der Waals surface area contributed by atoms with Gasteiger partial charge in [0.1, 0.15) is 18.5 Å². The zero-order chi connectivity index (χ0) is 28.1. The summed E-state index contributed by atoms with van der Waals surface area (Å²) >= 11 is 12.6. The molecule has 3 aromatic rings. The van der Waals surface area contributed by atoms with Gasteiger partial charge in [0.25, 0.3) is 5.09 Å². The number of hydrogen-bond donors (Lipinski definition) is 0. The molecule has 2 aliphatic rings. The van der Waals surface area contributed by atoms with Crippen molar-refractivity contribution in [1.29, 1.82) is 0 Å². The van der Waals surface area contributed by atoms with Gasteiger partial charge in [0.15, 0.2) is 6.61 Å². The van der Waals surface area contributed by atoms with Gasteiger partial charge in [0, 0.05) is 54.8 Å². The van der Waals surface area contributed by atoms with Gasteiger partial charge < -0.3 is 33.4 Å². The second-order valence-corrected chi connectivity index (χ2v) is 10.2. The van der Waals surface area contributed by atoms with Gasteiger partial charge in [0.2, 0.25) is 11.7 Å². The molecule has 212 valence electrons. The zero-order valence-corrected chi connectivity index (χ0v) is 22.9. The van der Waals surface area contributed by atoms with E-state index in [1.165, 1.54) is 0 Å². The van der Waals surface area contributed by atoms with Crippen molar-refractivity contribution in [1.82, 2.24) is 14.5 Å². The lowest BCUT2D eigenvalue weighted by Gasteiger charge is -2.36. The standard InChI is InChI=1S/C26H27Cl2N5O7/c27-19-1-6-23(24(28)13-19)26(17-30-8-7-29-18-30)38-15-22(40-26)14-37-21-4-2-20(3-5-21)31-9-11-32(12-10-31)25(34)16-39-33(35)36/h1-8,13,18,22H,9-12,14-17H2/t22-,26-/m0/s1. The number of piperazine rings is 1. The fourth-order valence-corrected chi connectivity index (χ4v) is 5.28. The number of rotatable bonds is 10. The molecule has 2 aromatic carbocycles. The van der Waals surface area contributed by atoms with Gasteiger partial charge in [0.05, 0.1) is 24.5 Å². The first-order chi connectivity index (χ1) is 19.3. The van der Waals surface area contributed by atoms with E-state index < -0.39 is 23.4 Å². The summed E-state index contributed by atoms with van der Waals surface area (Å²) in [6.45, 7) is 2.47. The quantitative estimate of drug-likeness (QED) is 0.258. The minimum absolute atomic E-state index is 0.267. The van der Waals surface area contributed by atoms with Crippen molar-refractivity contribution < 1.29 is 28.9 Å². The molecule has 2 fully saturated rings. The summed E-state index contributed by atoms with van der Waals surface area (Å²) in [5.41, 5.74) is 1.66. The molecule has 0 aliphatic carbocycles. The van der Waals surface area contributed by atoms with Crippen LogP contribution in [0.2, 0.25) is 10.0 Å². The summed E-state index contributed by atoms with van der Waals surface area (Å²) < 4.78 is 20.5. The maximum Gasteiger partial charge on any atom is 0.295 e. The Morgan fingerprint density at radius 2 is 1.93 bits per heavy atom. The first-order valence-corrected chi connectivity index (χ1v) is 13.3. The molecule has 0 saturated carbocycles. The van der Waals surface area contributed by atoms with Crippen LogP contribution in [0.5, 0.6) is 5.75 Å². The lowest BCUT2D eigenvalue weighted by molar-refractivity contribution is -0.754. The summed E-state index contributed by atoms with van der Waals surface area (Å²) in [7, 11) is 0. The predicted octanol–water partition coefficient (Wildman–Crippen LogP) is 3.39. The third-order valence-electron chi connectivity index (χ3n) is 6.71. The number of aromatic nitrogens is 2. The molecule has 3 heterocycles. The van der Waals surface area contributed by atoms with Crippen LogP contribution in [0.15, 0.2) is 61.2 Å². The molecule has 1 aromatic heterocycles. The Bertz CT molecular complexity index is 1320. The van der Waals surface area contributed by atoms with Gasteiger partial charge in [-0.15, -0.1) is 10.1 Å². The first-order valence-electron chi connectivity index (χ1n) is 12.6. The van der Waals surface area contributed by atoms with E-state index in [0.29, 0.717) is 60.7 Å². The molecular weight excluding hydrogens is 565 g/mol.